The summed E-state index contributed by atoms with van der Waals surface area (Å²) >= 11 is 0. The first kappa shape index (κ1) is 25.0. The fourth-order valence-corrected chi connectivity index (χ4v) is 3.41. The average Bonchev–Trinajstić information content (AvgIpc) is 3.26. The van der Waals surface area contributed by atoms with Crippen molar-refractivity contribution in [2.75, 3.05) is 6.61 Å². The minimum Gasteiger partial charge on any atom is -0.477 e. The molecule has 3 aromatic rings. The van der Waals surface area contributed by atoms with Crippen molar-refractivity contribution in [2.45, 2.75) is 25.0 Å². The third-order valence-corrected chi connectivity index (χ3v) is 5.03. The van der Waals surface area contributed by atoms with E-state index in [1.54, 1.807) is 28.9 Å². The molecule has 1 unspecified atom stereocenters. The largest absolute Gasteiger partial charge is 0.477 e. The van der Waals surface area contributed by atoms with Gasteiger partial charge >= 0.3 is 6.61 Å². The molecule has 2 aromatic heterocycles. The van der Waals surface area contributed by atoms with Gasteiger partial charge in [-0.1, -0.05) is 0 Å². The zero-order valence-corrected chi connectivity index (χ0v) is 18.4. The van der Waals surface area contributed by atoms with Crippen LogP contribution >= 0.6 is 0 Å². The topological polar surface area (TPSA) is 61.5 Å². The number of benzene rings is 1. The lowest BCUT2D eigenvalue weighted by Gasteiger charge is -2.17. The Hall–Kier alpha value is -2.12. The van der Waals surface area contributed by atoms with Crippen molar-refractivity contribution in [1.29, 1.82) is 0 Å². The Labute approximate surface area is 205 Å². The highest BCUT2D eigenvalue weighted by atomic mass is 19.3. The van der Waals surface area contributed by atoms with Crippen LogP contribution in [-0.2, 0) is 0 Å². The van der Waals surface area contributed by atoms with E-state index in [0.29, 0.717) is 29.5 Å². The number of ether oxygens (including phenoxy) is 2. The molecule has 3 heterocycles. The Kier molecular flexibility index (Phi) is 9.63. The Morgan fingerprint density at radius 3 is 2.56 bits per heavy atom. The molecule has 0 saturated carbocycles. The van der Waals surface area contributed by atoms with E-state index in [-0.39, 0.29) is 11.5 Å². The number of nitrogens with zero attached hydrogens (tertiary/aromatic N) is 4. The van der Waals surface area contributed by atoms with Crippen LogP contribution in [0, 0.1) is 0 Å². The van der Waals surface area contributed by atoms with E-state index < -0.39 is 6.61 Å². The van der Waals surface area contributed by atoms with Crippen LogP contribution < -0.4 is 9.47 Å². The van der Waals surface area contributed by atoms with Crippen LogP contribution in [0.15, 0.2) is 36.7 Å². The van der Waals surface area contributed by atoms with E-state index in [0.717, 1.165) is 12.6 Å². The molecule has 0 bridgehead atoms. The van der Waals surface area contributed by atoms with E-state index in [1.165, 1.54) is 12.1 Å². The SMILES string of the molecule is FC(F)Oc1ccc(-c2nnc3cncc(OCCC4[B][B][B][B][B][B][B][B]C[B][B]4)n23)cc1. The van der Waals surface area contributed by atoms with E-state index in [9.17, 15) is 8.78 Å². The number of hydrogen-bond donors (Lipinski definition) is 0. The summed E-state index contributed by atoms with van der Waals surface area (Å²) in [5, 5.41) is 8.40. The second kappa shape index (κ2) is 13.1. The Morgan fingerprint density at radius 2 is 1.74 bits per heavy atom. The van der Waals surface area contributed by atoms with Crippen LogP contribution in [0.5, 0.6) is 11.6 Å². The van der Waals surface area contributed by atoms with Gasteiger partial charge in [-0.25, -0.2) is 4.40 Å². The molecule has 1 saturated heterocycles. The van der Waals surface area contributed by atoms with E-state index in [1.807, 2.05) is 42.4 Å². The van der Waals surface area contributed by atoms with Crippen molar-refractivity contribution in [3.63, 3.8) is 0 Å². The van der Waals surface area contributed by atoms with Gasteiger partial charge in [-0.15, -0.1) is 22.1 Å². The number of fused-ring (bicyclic) bond motifs is 1. The highest BCUT2D eigenvalue weighted by molar-refractivity contribution is 7.66. The average molecular weight is 440 g/mol. The number of hydrogen-bond acceptors (Lipinski definition) is 5. The summed E-state index contributed by atoms with van der Waals surface area (Å²) in [5.41, 5.74) is 1.43. The molecule has 1 aliphatic heterocycles. The Balaban J connectivity index is 1.41. The van der Waals surface area contributed by atoms with Crippen molar-refractivity contribution in [3.05, 3.63) is 36.7 Å². The highest BCUT2D eigenvalue weighted by Crippen LogP contribution is 2.25. The van der Waals surface area contributed by atoms with Crippen LogP contribution in [0.4, 0.5) is 8.78 Å². The normalized spacial score (nSPS) is 16.0. The van der Waals surface area contributed by atoms with Gasteiger partial charge in [0.25, 0.3) is 0 Å². The number of aromatic nitrogens is 4. The zero-order chi connectivity index (χ0) is 23.6. The first-order chi connectivity index (χ1) is 16.7. The fraction of sp³-hybridized carbons (Fsp3) is 0.312. The van der Waals surface area contributed by atoms with Gasteiger partial charge in [0, 0.05) is 62.3 Å². The molecule has 0 aliphatic carbocycles. The van der Waals surface area contributed by atoms with Crippen LogP contribution in [0.25, 0.3) is 17.0 Å². The van der Waals surface area contributed by atoms with Gasteiger partial charge in [0.05, 0.1) is 33.3 Å². The van der Waals surface area contributed by atoms with Crippen LogP contribution in [-0.4, -0.2) is 104 Å². The Bertz CT molecular complexity index is 1020. The maximum atomic E-state index is 12.4. The van der Waals surface area contributed by atoms with Crippen LogP contribution in [0.2, 0.25) is 11.9 Å². The molecule has 6 nitrogen and oxygen atoms in total. The minimum atomic E-state index is -2.87. The van der Waals surface area contributed by atoms with Crippen molar-refractivity contribution < 1.29 is 18.3 Å². The minimum absolute atomic E-state index is 0.0743. The molecule has 1 aliphatic rings. The van der Waals surface area contributed by atoms with Crippen molar-refractivity contribution in [2.24, 2.45) is 0 Å². The summed E-state index contributed by atoms with van der Waals surface area (Å²) in [6.45, 7) is -2.42. The molecular formula is C16H14B10F2N4O2. The fourth-order valence-electron chi connectivity index (χ4n) is 3.41. The molecule has 4 rings (SSSR count). The molecule has 18 heteroatoms. The molecule has 34 heavy (non-hydrogen) atoms. The molecule has 1 aromatic carbocycles. The highest BCUT2D eigenvalue weighted by Gasteiger charge is 2.16. The van der Waals surface area contributed by atoms with Gasteiger partial charge in [0.2, 0.25) is 5.88 Å². The first-order valence-corrected chi connectivity index (χ1v) is 10.9. The van der Waals surface area contributed by atoms with Crippen LogP contribution in [0.1, 0.15) is 6.42 Å². The monoisotopic (exact) mass is 442 g/mol. The lowest BCUT2D eigenvalue weighted by Crippen LogP contribution is -2.35. The summed E-state index contributed by atoms with van der Waals surface area (Å²) in [6, 6.07) is 6.23. The van der Waals surface area contributed by atoms with E-state index in [4.69, 9.17) is 4.74 Å². The molecule has 0 spiro atoms. The second-order valence-electron chi connectivity index (χ2n) is 7.41. The quantitative estimate of drug-likeness (QED) is 0.471. The molecule has 0 N–H and O–H groups in total. The van der Waals surface area contributed by atoms with Crippen molar-refractivity contribution >= 4 is 76.7 Å². The van der Waals surface area contributed by atoms with Gasteiger partial charge in [-0.05, 0) is 30.7 Å². The molecule has 154 valence electrons. The number of alkyl halides is 2. The van der Waals surface area contributed by atoms with Gasteiger partial charge in [0.1, 0.15) is 5.75 Å². The molecule has 1 fully saturated rings. The predicted molar refractivity (Wildman–Crippen MR) is 139 cm³/mol. The van der Waals surface area contributed by atoms with Crippen LogP contribution in [0.3, 0.4) is 0 Å². The third kappa shape index (κ3) is 7.19. The lowest BCUT2D eigenvalue weighted by atomic mass is 8.89. The van der Waals surface area contributed by atoms with Gasteiger partial charge in [-0.3, -0.25) is 4.98 Å². The summed E-state index contributed by atoms with van der Waals surface area (Å²) < 4.78 is 37.1. The smallest absolute Gasteiger partial charge is 0.387 e. The molecule has 0 amide bonds. The van der Waals surface area contributed by atoms with Gasteiger partial charge < -0.3 is 9.47 Å². The predicted octanol–water partition coefficient (Wildman–Crippen LogP) is -0.341. The molecule has 10 radical (unpaired) electrons. The number of halogens is 2. The first-order valence-electron chi connectivity index (χ1n) is 10.9. The van der Waals surface area contributed by atoms with Crippen molar-refractivity contribution in [1.82, 2.24) is 19.6 Å². The number of rotatable bonds is 7. The lowest BCUT2D eigenvalue weighted by molar-refractivity contribution is -0.0498. The summed E-state index contributed by atoms with van der Waals surface area (Å²) in [7, 11) is 20.6. The summed E-state index contributed by atoms with van der Waals surface area (Å²) in [5.74, 6) is 1.09. The third-order valence-electron chi connectivity index (χ3n) is 5.03. The molecular weight excluding hydrogens is 426 g/mol. The summed E-state index contributed by atoms with van der Waals surface area (Å²) in [6.07, 6.45) is 4.84. The standard InChI is InChI=1S/C16H14B10F2N4O2/c27-16(28)34-11-3-1-10(2-4-11)15-31-30-13-7-29-8-14(32(13)15)33-6-5-12-19-17-9-18-21-23-25-26-24-22-20-12/h1-4,7-8,12,16H,5-6,9H2. The zero-order valence-electron chi connectivity index (χ0n) is 18.4. The maximum absolute atomic E-state index is 12.4. The maximum Gasteiger partial charge on any atom is 0.387 e. The molecule has 1 atom stereocenters. The summed E-state index contributed by atoms with van der Waals surface area (Å²) in [4.78, 5) is 4.20. The van der Waals surface area contributed by atoms with E-state index >= 15 is 0 Å². The van der Waals surface area contributed by atoms with Crippen molar-refractivity contribution in [3.8, 4) is 23.0 Å². The van der Waals surface area contributed by atoms with Gasteiger partial charge in [-0.2, -0.15) is 8.78 Å². The second-order valence-corrected chi connectivity index (χ2v) is 7.41. The van der Waals surface area contributed by atoms with E-state index in [2.05, 4.69) is 48.6 Å². The van der Waals surface area contributed by atoms with Gasteiger partial charge in [0.15, 0.2) is 11.5 Å². The Morgan fingerprint density at radius 1 is 0.941 bits per heavy atom.